The van der Waals surface area contributed by atoms with E-state index in [0.29, 0.717) is 32.9 Å². The predicted molar refractivity (Wildman–Crippen MR) is 175 cm³/mol. The zero-order chi connectivity index (χ0) is 33.5. The Kier molecular flexibility index (Phi) is 8.91. The van der Waals surface area contributed by atoms with Crippen molar-refractivity contribution in [3.8, 4) is 11.1 Å². The van der Waals surface area contributed by atoms with E-state index in [4.69, 9.17) is 11.6 Å². The lowest BCUT2D eigenvalue weighted by Crippen LogP contribution is -2.38. The average Bonchev–Trinajstić information content (AvgIpc) is 3.63. The summed E-state index contributed by atoms with van der Waals surface area (Å²) in [5.74, 6) is -1.97. The molecule has 3 heterocycles. The Bertz CT molecular complexity index is 2050. The zero-order valence-corrected chi connectivity index (χ0v) is 26.9. The monoisotopic (exact) mass is 679 g/mol. The quantitative estimate of drug-likeness (QED) is 0.133. The molecule has 0 radical (unpaired) electrons. The van der Waals surface area contributed by atoms with Crippen molar-refractivity contribution in [1.82, 2.24) is 24.4 Å². The minimum absolute atomic E-state index is 0.0764. The lowest BCUT2D eigenvalue weighted by molar-refractivity contribution is -0.119. The summed E-state index contributed by atoms with van der Waals surface area (Å²) in [6.07, 6.45) is 2.06. The van der Waals surface area contributed by atoms with Gasteiger partial charge in [-0.3, -0.25) is 18.8 Å². The lowest BCUT2D eigenvalue weighted by atomic mass is 10.0. The first-order valence-corrected chi connectivity index (χ1v) is 16.7. The molecule has 1 saturated heterocycles. The van der Waals surface area contributed by atoms with Gasteiger partial charge in [0, 0.05) is 54.2 Å². The molecule has 3 atom stereocenters. The molecule has 0 bridgehead atoms. The van der Waals surface area contributed by atoms with Crippen LogP contribution in [0.3, 0.4) is 0 Å². The number of benzene rings is 3. The third-order valence-corrected chi connectivity index (χ3v) is 10.3. The van der Waals surface area contributed by atoms with E-state index < -0.39 is 44.3 Å². The van der Waals surface area contributed by atoms with Crippen LogP contribution in [0.25, 0.3) is 22.0 Å². The highest BCUT2D eigenvalue weighted by atomic mass is 35.5. The summed E-state index contributed by atoms with van der Waals surface area (Å²) in [6, 6.07) is 14.8. The second-order valence-corrected chi connectivity index (χ2v) is 13.7. The van der Waals surface area contributed by atoms with Crippen molar-refractivity contribution in [3.05, 3.63) is 95.9 Å². The van der Waals surface area contributed by atoms with Crippen LogP contribution in [0.4, 0.5) is 25.8 Å². The molecule has 47 heavy (non-hydrogen) atoms. The van der Waals surface area contributed by atoms with Crippen LogP contribution in [0.5, 0.6) is 0 Å². The maximum atomic E-state index is 15.6. The molecule has 1 amide bonds. The number of Topliss-reactive ketones (excluding diaryl/α,β-unsaturated/α-hetero) is 1. The number of nitrogens with one attached hydrogen (secondary N) is 1. The van der Waals surface area contributed by atoms with Crippen LogP contribution in [0.1, 0.15) is 23.8 Å². The van der Waals surface area contributed by atoms with Crippen molar-refractivity contribution in [2.75, 3.05) is 23.8 Å². The Hall–Kier alpha value is -4.55. The van der Waals surface area contributed by atoms with E-state index in [1.807, 2.05) is 0 Å². The third-order valence-electron chi connectivity index (χ3n) is 8.06. The Balaban J connectivity index is 1.27. The number of hydrogen-bond donors (Lipinski definition) is 2. The van der Waals surface area contributed by atoms with Gasteiger partial charge < -0.3 is 15.1 Å². The van der Waals surface area contributed by atoms with E-state index in [1.54, 1.807) is 66.8 Å². The van der Waals surface area contributed by atoms with Crippen LogP contribution in [-0.4, -0.2) is 66.8 Å². The van der Waals surface area contributed by atoms with Crippen molar-refractivity contribution in [1.29, 1.82) is 0 Å². The van der Waals surface area contributed by atoms with Gasteiger partial charge in [0.2, 0.25) is 5.91 Å². The third kappa shape index (κ3) is 6.39. The van der Waals surface area contributed by atoms with Crippen molar-refractivity contribution in [3.63, 3.8) is 0 Å². The molecular weight excluding hydrogens is 651 g/mol. The molecule has 0 aliphatic carbocycles. The summed E-state index contributed by atoms with van der Waals surface area (Å²) in [6.45, 7) is 0.835. The van der Waals surface area contributed by atoms with Crippen molar-refractivity contribution >= 4 is 58.8 Å². The minimum Gasteiger partial charge on any atom is -0.342 e. The van der Waals surface area contributed by atoms with Gasteiger partial charge >= 0.3 is 0 Å². The summed E-state index contributed by atoms with van der Waals surface area (Å²) < 4.78 is 46.4. The number of nitrogens with zero attached hydrogens (tertiary/aromatic N) is 6. The van der Waals surface area contributed by atoms with Gasteiger partial charge in [-0.15, -0.1) is 0 Å². The van der Waals surface area contributed by atoms with Crippen molar-refractivity contribution in [2.24, 2.45) is 0 Å². The average molecular weight is 680 g/mol. The van der Waals surface area contributed by atoms with Crippen LogP contribution in [-0.2, 0) is 15.6 Å². The second-order valence-electron chi connectivity index (χ2n) is 11.2. The summed E-state index contributed by atoms with van der Waals surface area (Å²) in [4.78, 5) is 47.2. The number of halogens is 3. The molecule has 1 unspecified atom stereocenters. The predicted octanol–water partition coefficient (Wildman–Crippen LogP) is 6.45. The Morgan fingerprint density at radius 1 is 1.09 bits per heavy atom. The number of carbonyl (C=O) groups is 2. The SMILES string of the molecule is CC(=O)c1nn(CP(=O)(O)N2C[C@H](F)C[C@H]2C(=O)Nc2cccc(-c3ccccc3Cl)c2F)c2ccc(N(C)c3cncnc3)cc12. The molecule has 5 aromatic rings. The first kappa shape index (κ1) is 32.4. The molecule has 3 aromatic carbocycles. The van der Waals surface area contributed by atoms with E-state index >= 15 is 4.39 Å². The van der Waals surface area contributed by atoms with Gasteiger partial charge in [0.15, 0.2) is 11.6 Å². The number of fused-ring (bicyclic) bond motifs is 1. The largest absolute Gasteiger partial charge is 0.342 e. The summed E-state index contributed by atoms with van der Waals surface area (Å²) in [5.41, 5.74) is 2.22. The molecule has 1 aliphatic heterocycles. The standard InChI is InChI=1S/C32H29ClF2N7O4P/c1-19(43)31-25-13-21(40(2)22-14-36-17-37-15-22)10-11-28(25)41(39-31)18-47(45,46)42-16-20(34)12-29(42)32(44)38-27-9-5-7-24(30(27)35)23-6-3-4-8-26(23)33/h3-11,13-15,17,20,29H,12,16,18H2,1-2H3,(H,38,44)(H,45,46)/t20-,29+/m1/s1. The van der Waals surface area contributed by atoms with E-state index in [0.717, 1.165) is 4.67 Å². The van der Waals surface area contributed by atoms with Crippen molar-refractivity contribution in [2.45, 2.75) is 31.8 Å². The highest BCUT2D eigenvalue weighted by Crippen LogP contribution is 2.52. The number of carbonyl (C=O) groups excluding carboxylic acids is 2. The van der Waals surface area contributed by atoms with E-state index in [-0.39, 0.29) is 29.1 Å². The van der Waals surface area contributed by atoms with E-state index in [2.05, 4.69) is 20.4 Å². The smallest absolute Gasteiger partial charge is 0.291 e. The topological polar surface area (TPSA) is 134 Å². The molecule has 6 rings (SSSR count). The maximum absolute atomic E-state index is 15.6. The number of hydrogen-bond acceptors (Lipinski definition) is 7. The summed E-state index contributed by atoms with van der Waals surface area (Å²) in [7, 11) is -2.71. The number of amides is 1. The van der Waals surface area contributed by atoms with Gasteiger partial charge in [-0.2, -0.15) is 5.10 Å². The molecule has 1 fully saturated rings. The van der Waals surface area contributed by atoms with E-state index in [9.17, 15) is 23.4 Å². The molecular formula is C32H29ClF2N7O4P. The highest BCUT2D eigenvalue weighted by Gasteiger charge is 2.46. The van der Waals surface area contributed by atoms with Gasteiger partial charge in [-0.1, -0.05) is 41.9 Å². The zero-order valence-electron chi connectivity index (χ0n) is 25.2. The van der Waals surface area contributed by atoms with Crippen LogP contribution in [0, 0.1) is 5.82 Å². The van der Waals surface area contributed by atoms with Crippen LogP contribution >= 0.6 is 19.1 Å². The van der Waals surface area contributed by atoms with Gasteiger partial charge in [0.05, 0.1) is 29.3 Å². The molecule has 1 aliphatic rings. The van der Waals surface area contributed by atoms with E-state index in [1.165, 1.54) is 36.1 Å². The molecule has 242 valence electrons. The minimum atomic E-state index is -4.51. The highest BCUT2D eigenvalue weighted by molar-refractivity contribution is 7.54. The van der Waals surface area contributed by atoms with Crippen LogP contribution in [0.2, 0.25) is 5.02 Å². The number of aromatic nitrogens is 4. The molecule has 2 N–H and O–H groups in total. The fourth-order valence-electron chi connectivity index (χ4n) is 5.70. The van der Waals surface area contributed by atoms with Gasteiger partial charge in [0.1, 0.15) is 30.5 Å². The van der Waals surface area contributed by atoms with Crippen molar-refractivity contribution < 1.29 is 27.8 Å². The normalized spacial score (nSPS) is 17.8. The van der Waals surface area contributed by atoms with Gasteiger partial charge in [0.25, 0.3) is 7.52 Å². The van der Waals surface area contributed by atoms with Gasteiger partial charge in [-0.05, 0) is 30.3 Å². The summed E-state index contributed by atoms with van der Waals surface area (Å²) >= 11 is 6.25. The molecule has 0 spiro atoms. The Morgan fingerprint density at radius 2 is 1.81 bits per heavy atom. The fourth-order valence-corrected chi connectivity index (χ4v) is 7.73. The van der Waals surface area contributed by atoms with Crippen LogP contribution < -0.4 is 10.2 Å². The Morgan fingerprint density at radius 3 is 2.53 bits per heavy atom. The molecule has 2 aromatic heterocycles. The van der Waals surface area contributed by atoms with Gasteiger partial charge in [-0.25, -0.2) is 23.4 Å². The number of alkyl halides is 1. The number of anilines is 3. The molecule has 15 heteroatoms. The first-order valence-electron chi connectivity index (χ1n) is 14.5. The van der Waals surface area contributed by atoms with Crippen LogP contribution in [0.15, 0.2) is 79.4 Å². The first-order chi connectivity index (χ1) is 22.4. The fraction of sp³-hybridized carbons (Fsp3) is 0.219. The second kappa shape index (κ2) is 12.9. The molecule has 11 nitrogen and oxygen atoms in total. The number of rotatable bonds is 9. The lowest BCUT2D eigenvalue weighted by Gasteiger charge is -2.28. The molecule has 0 saturated carbocycles. The summed E-state index contributed by atoms with van der Waals surface area (Å²) in [5, 5.41) is 7.56. The maximum Gasteiger partial charge on any atom is 0.291 e. The Labute approximate surface area is 273 Å². The number of ketones is 1.